The van der Waals surface area contributed by atoms with Crippen molar-refractivity contribution in [1.82, 2.24) is 4.90 Å². The van der Waals surface area contributed by atoms with Gasteiger partial charge in [-0.3, -0.25) is 9.69 Å². The monoisotopic (exact) mass is 400 g/mol. The van der Waals surface area contributed by atoms with Gasteiger partial charge in [0.2, 0.25) is 0 Å². The summed E-state index contributed by atoms with van der Waals surface area (Å²) in [6.45, 7) is 3.69. The van der Waals surface area contributed by atoms with E-state index in [4.69, 9.17) is 9.47 Å². The number of aliphatic carboxylic acids is 1. The average Bonchev–Trinajstić information content (AvgIpc) is 3.22. The molecular formula is C22H28N2O5. The van der Waals surface area contributed by atoms with Gasteiger partial charge in [-0.05, 0) is 36.8 Å². The number of nitrogens with zero attached hydrogens (tertiary/aromatic N) is 1. The summed E-state index contributed by atoms with van der Waals surface area (Å²) in [6, 6.07) is 5.53. The number of piperidine rings is 1. The molecule has 2 N–H and O–H groups in total. The third-order valence-corrected chi connectivity index (χ3v) is 6.97. The van der Waals surface area contributed by atoms with Gasteiger partial charge in [0.05, 0.1) is 31.6 Å². The van der Waals surface area contributed by atoms with Gasteiger partial charge in [-0.1, -0.05) is 19.4 Å². The molecule has 0 amide bonds. The molecule has 1 unspecified atom stereocenters. The van der Waals surface area contributed by atoms with Crippen molar-refractivity contribution < 1.29 is 24.2 Å². The molecule has 3 aliphatic heterocycles. The van der Waals surface area contributed by atoms with Crippen molar-refractivity contribution in [1.29, 1.82) is 0 Å². The Morgan fingerprint density at radius 1 is 1.41 bits per heavy atom. The maximum Gasteiger partial charge on any atom is 0.334 e. The summed E-state index contributed by atoms with van der Waals surface area (Å²) in [6.07, 6.45) is 3.54. The van der Waals surface area contributed by atoms with Crippen LogP contribution in [0.1, 0.15) is 36.5 Å². The molecule has 3 aliphatic rings. The topological polar surface area (TPSA) is 88.1 Å². The van der Waals surface area contributed by atoms with Crippen LogP contribution in [0.3, 0.4) is 0 Å². The second-order valence-electron chi connectivity index (χ2n) is 8.19. The third-order valence-electron chi connectivity index (χ3n) is 6.97. The highest BCUT2D eigenvalue weighted by Gasteiger charge is 2.59. The zero-order valence-electron chi connectivity index (χ0n) is 17.1. The Balaban J connectivity index is 1.71. The number of rotatable bonds is 5. The second kappa shape index (κ2) is 7.37. The minimum absolute atomic E-state index is 0.0544. The summed E-state index contributed by atoms with van der Waals surface area (Å²) in [7, 11) is 3.05. The predicted molar refractivity (Wildman–Crippen MR) is 108 cm³/mol. The Kier molecular flexibility index (Phi) is 5.02. The highest BCUT2D eigenvalue weighted by molar-refractivity contribution is 6.16. The van der Waals surface area contributed by atoms with Crippen molar-refractivity contribution in [2.75, 3.05) is 32.6 Å². The number of ether oxygens (including phenoxy) is 2. The molecule has 156 valence electrons. The van der Waals surface area contributed by atoms with E-state index in [1.807, 2.05) is 18.2 Å². The van der Waals surface area contributed by atoms with Gasteiger partial charge in [-0.25, -0.2) is 4.79 Å². The van der Waals surface area contributed by atoms with Gasteiger partial charge in [0, 0.05) is 24.8 Å². The summed E-state index contributed by atoms with van der Waals surface area (Å²) < 4.78 is 10.5. The van der Waals surface area contributed by atoms with E-state index in [2.05, 4.69) is 17.1 Å². The van der Waals surface area contributed by atoms with Gasteiger partial charge >= 0.3 is 5.97 Å². The lowest BCUT2D eigenvalue weighted by Crippen LogP contribution is -2.57. The third kappa shape index (κ3) is 2.90. The first-order valence-electron chi connectivity index (χ1n) is 10.2. The number of anilines is 1. The molecule has 1 aromatic carbocycles. The molecule has 0 aliphatic carbocycles. The molecule has 4 atom stereocenters. The fraction of sp³-hybridized carbons (Fsp3) is 0.545. The van der Waals surface area contributed by atoms with Gasteiger partial charge in [0.1, 0.15) is 11.3 Å². The van der Waals surface area contributed by atoms with Crippen molar-refractivity contribution in [2.24, 2.45) is 11.8 Å². The van der Waals surface area contributed by atoms with Crippen molar-refractivity contribution in [3.05, 3.63) is 35.6 Å². The van der Waals surface area contributed by atoms with Crippen LogP contribution < -0.4 is 10.1 Å². The first-order valence-corrected chi connectivity index (χ1v) is 10.2. The number of hydrogen-bond donors (Lipinski definition) is 2. The molecule has 1 aromatic rings. The summed E-state index contributed by atoms with van der Waals surface area (Å²) in [5.41, 5.74) is 0.972. The van der Waals surface area contributed by atoms with Gasteiger partial charge in [-0.2, -0.15) is 0 Å². The van der Waals surface area contributed by atoms with Gasteiger partial charge < -0.3 is 19.9 Å². The minimum Gasteiger partial charge on any atom is -0.504 e. The number of ketones is 1. The van der Waals surface area contributed by atoms with Crippen molar-refractivity contribution >= 4 is 17.4 Å². The Morgan fingerprint density at radius 3 is 2.86 bits per heavy atom. The zero-order valence-corrected chi connectivity index (χ0v) is 17.1. The van der Waals surface area contributed by atoms with Crippen LogP contribution in [0.25, 0.3) is 0 Å². The summed E-state index contributed by atoms with van der Waals surface area (Å²) in [5, 5.41) is 13.3. The first-order chi connectivity index (χ1) is 14.0. The van der Waals surface area contributed by atoms with Crippen LogP contribution in [0.15, 0.2) is 30.0 Å². The van der Waals surface area contributed by atoms with E-state index < -0.39 is 11.5 Å². The van der Waals surface area contributed by atoms with Crippen LogP contribution in [-0.4, -0.2) is 60.6 Å². The van der Waals surface area contributed by atoms with E-state index in [9.17, 15) is 14.7 Å². The Hall–Kier alpha value is -2.54. The van der Waals surface area contributed by atoms with Crippen molar-refractivity contribution in [2.45, 2.75) is 37.8 Å². The van der Waals surface area contributed by atoms with E-state index in [1.54, 1.807) is 7.11 Å². The van der Waals surface area contributed by atoms with E-state index in [0.29, 0.717) is 29.7 Å². The number of Topliss-reactive ketones (excluding diaryl/α,β-unsaturated/α-hetero) is 1. The molecular weight excluding hydrogens is 372 g/mol. The van der Waals surface area contributed by atoms with Crippen LogP contribution in [0.2, 0.25) is 0 Å². The van der Waals surface area contributed by atoms with Gasteiger partial charge in [-0.15, -0.1) is 0 Å². The Labute approximate surface area is 170 Å². The second-order valence-corrected chi connectivity index (χ2v) is 8.19. The van der Waals surface area contributed by atoms with Crippen LogP contribution >= 0.6 is 0 Å². The van der Waals surface area contributed by atoms with E-state index in [-0.39, 0.29) is 23.7 Å². The highest BCUT2D eigenvalue weighted by Crippen LogP contribution is 2.50. The van der Waals surface area contributed by atoms with E-state index in [1.165, 1.54) is 13.4 Å². The number of benzene rings is 1. The highest BCUT2D eigenvalue weighted by atomic mass is 16.5. The van der Waals surface area contributed by atoms with Crippen LogP contribution in [0.4, 0.5) is 5.69 Å². The number of carbonyl (C=O) groups is 2. The smallest absolute Gasteiger partial charge is 0.334 e. The molecule has 4 rings (SSSR count). The minimum atomic E-state index is -0.952. The fourth-order valence-electron chi connectivity index (χ4n) is 5.57. The molecule has 3 heterocycles. The van der Waals surface area contributed by atoms with Crippen molar-refractivity contribution in [3.63, 3.8) is 0 Å². The number of carboxylic acids is 1. The molecule has 7 heteroatoms. The lowest BCUT2D eigenvalue weighted by atomic mass is 9.72. The predicted octanol–water partition coefficient (Wildman–Crippen LogP) is 2.78. The Morgan fingerprint density at radius 2 is 2.21 bits per heavy atom. The SMILES string of the molecule is CC[C@@H]1CN2CCC3(Nc4cccc(OC)c4C3=O)[C@@H]2C[C@@H]1/C(=C\OC)C(=O)O. The summed E-state index contributed by atoms with van der Waals surface area (Å²) in [5.74, 6) is -0.258. The molecule has 7 nitrogen and oxygen atoms in total. The maximum absolute atomic E-state index is 13.6. The molecule has 0 saturated carbocycles. The molecule has 0 aromatic heterocycles. The first kappa shape index (κ1) is 19.8. The van der Waals surface area contributed by atoms with Crippen LogP contribution in [0.5, 0.6) is 5.75 Å². The van der Waals surface area contributed by atoms with Crippen molar-refractivity contribution in [3.8, 4) is 5.75 Å². The molecule has 2 saturated heterocycles. The molecule has 0 bridgehead atoms. The standard InChI is InChI=1S/C22H28N2O5/c1-4-13-11-24-9-8-22(18(24)10-14(13)15(12-28-2)21(26)27)20(25)19-16(23-22)6-5-7-17(19)29-3/h5-7,12-14,18,23H,4,8-11H2,1-3H3,(H,26,27)/b15-12+/t13-,14+,18+,22?/m1/s1. The maximum atomic E-state index is 13.6. The molecule has 1 spiro atoms. The normalized spacial score (nSPS) is 31.3. The molecule has 2 fully saturated rings. The van der Waals surface area contributed by atoms with Gasteiger partial charge in [0.15, 0.2) is 5.78 Å². The largest absolute Gasteiger partial charge is 0.504 e. The molecule has 29 heavy (non-hydrogen) atoms. The number of methoxy groups -OCH3 is 2. The average molecular weight is 400 g/mol. The quantitative estimate of drug-likeness (QED) is 0.580. The number of carbonyl (C=O) groups excluding carboxylic acids is 1. The van der Waals surface area contributed by atoms with E-state index >= 15 is 0 Å². The lowest BCUT2D eigenvalue weighted by Gasteiger charge is -2.45. The van der Waals surface area contributed by atoms with Crippen LogP contribution in [-0.2, 0) is 9.53 Å². The number of hydrogen-bond acceptors (Lipinski definition) is 6. The lowest BCUT2D eigenvalue weighted by molar-refractivity contribution is -0.134. The summed E-state index contributed by atoms with van der Waals surface area (Å²) >= 11 is 0. The number of carboxylic acid groups (broad SMARTS) is 1. The van der Waals surface area contributed by atoms with Gasteiger partial charge in [0.25, 0.3) is 0 Å². The number of nitrogens with one attached hydrogen (secondary N) is 1. The van der Waals surface area contributed by atoms with Crippen LogP contribution in [0, 0.1) is 11.8 Å². The number of fused-ring (bicyclic) bond motifs is 3. The fourth-order valence-corrected chi connectivity index (χ4v) is 5.57. The van der Waals surface area contributed by atoms with E-state index in [0.717, 1.165) is 25.2 Å². The Bertz CT molecular complexity index is 867. The zero-order chi connectivity index (χ0) is 20.8. The summed E-state index contributed by atoms with van der Waals surface area (Å²) in [4.78, 5) is 27.9. The molecule has 0 radical (unpaired) electrons.